The van der Waals surface area contributed by atoms with Crippen LogP contribution in [-0.4, -0.2) is 55.6 Å². The first-order valence-corrected chi connectivity index (χ1v) is 12.4. The summed E-state index contributed by atoms with van der Waals surface area (Å²) in [6, 6.07) is 10.6. The van der Waals surface area contributed by atoms with Crippen molar-refractivity contribution in [3.8, 4) is 0 Å². The van der Waals surface area contributed by atoms with Crippen LogP contribution in [0.5, 0.6) is 0 Å². The average Bonchev–Trinajstić information content (AvgIpc) is 2.78. The summed E-state index contributed by atoms with van der Waals surface area (Å²) in [5, 5.41) is 3.14. The summed E-state index contributed by atoms with van der Waals surface area (Å²) in [5.74, 6) is -1.54. The van der Waals surface area contributed by atoms with Crippen LogP contribution in [0.15, 0.2) is 53.4 Å². The van der Waals surface area contributed by atoms with Gasteiger partial charge in [-0.25, -0.2) is 12.8 Å². The fourth-order valence-corrected chi connectivity index (χ4v) is 4.33. The number of nitrogens with one attached hydrogen (secondary N) is 1. The normalized spacial score (nSPS) is 12.4. The lowest BCUT2D eigenvalue weighted by molar-refractivity contribution is -0.140. The molecule has 0 aliphatic carbocycles. The van der Waals surface area contributed by atoms with Crippen LogP contribution in [0.2, 0.25) is 5.02 Å². The van der Waals surface area contributed by atoms with Crippen LogP contribution in [0.3, 0.4) is 0 Å². The molecule has 0 fully saturated rings. The maximum atomic E-state index is 14.3. The van der Waals surface area contributed by atoms with E-state index in [2.05, 4.69) is 5.32 Å². The molecule has 0 heterocycles. The second-order valence-corrected chi connectivity index (χ2v) is 10.1. The predicted molar refractivity (Wildman–Crippen MR) is 126 cm³/mol. The van der Waals surface area contributed by atoms with Gasteiger partial charge in [-0.2, -0.15) is 4.31 Å². The van der Waals surface area contributed by atoms with Crippen molar-refractivity contribution in [3.63, 3.8) is 0 Å². The number of carbonyl (C=O) groups is 2. The van der Waals surface area contributed by atoms with E-state index in [1.807, 2.05) is 6.92 Å². The number of nitrogens with zero attached hydrogens (tertiary/aromatic N) is 2. The molecule has 2 amide bonds. The largest absolute Gasteiger partial charge is 0.354 e. The Morgan fingerprint density at radius 3 is 2.36 bits per heavy atom. The van der Waals surface area contributed by atoms with Crippen molar-refractivity contribution < 1.29 is 22.4 Å². The SMILES string of the molecule is CCCCNC(=O)[C@H](C)N(Cc1ccccc1F)C(=O)CN(C)S(=O)(=O)c1ccc(Cl)cc1. The van der Waals surface area contributed by atoms with Gasteiger partial charge in [0.15, 0.2) is 0 Å². The molecule has 0 spiro atoms. The van der Waals surface area contributed by atoms with E-state index in [1.165, 1.54) is 61.3 Å². The summed E-state index contributed by atoms with van der Waals surface area (Å²) in [6.07, 6.45) is 1.67. The van der Waals surface area contributed by atoms with Crippen LogP contribution in [-0.2, 0) is 26.2 Å². The second kappa shape index (κ2) is 12.1. The van der Waals surface area contributed by atoms with E-state index >= 15 is 0 Å². The number of sulfonamides is 1. The summed E-state index contributed by atoms with van der Waals surface area (Å²) in [4.78, 5) is 27.0. The third-order valence-electron chi connectivity index (χ3n) is 5.18. The summed E-state index contributed by atoms with van der Waals surface area (Å²) in [6.45, 7) is 3.27. The van der Waals surface area contributed by atoms with Crippen LogP contribution in [0.25, 0.3) is 0 Å². The van der Waals surface area contributed by atoms with E-state index in [0.29, 0.717) is 11.6 Å². The van der Waals surface area contributed by atoms with Gasteiger partial charge in [0, 0.05) is 30.7 Å². The lowest BCUT2D eigenvalue weighted by atomic mass is 10.1. The van der Waals surface area contributed by atoms with Crippen molar-refractivity contribution in [2.45, 2.75) is 44.2 Å². The number of hydrogen-bond donors (Lipinski definition) is 1. The lowest BCUT2D eigenvalue weighted by Gasteiger charge is -2.30. The van der Waals surface area contributed by atoms with Crippen molar-refractivity contribution in [1.29, 1.82) is 0 Å². The fraction of sp³-hybridized carbons (Fsp3) is 0.391. The fourth-order valence-electron chi connectivity index (χ4n) is 3.08. The van der Waals surface area contributed by atoms with E-state index in [4.69, 9.17) is 11.6 Å². The highest BCUT2D eigenvalue weighted by molar-refractivity contribution is 7.89. The number of rotatable bonds is 11. The summed E-state index contributed by atoms with van der Waals surface area (Å²) in [5.41, 5.74) is 0.224. The van der Waals surface area contributed by atoms with Crippen LogP contribution in [0.4, 0.5) is 4.39 Å². The number of amides is 2. The van der Waals surface area contributed by atoms with Crippen LogP contribution in [0, 0.1) is 5.82 Å². The van der Waals surface area contributed by atoms with Crippen molar-refractivity contribution >= 4 is 33.4 Å². The smallest absolute Gasteiger partial charge is 0.243 e. The van der Waals surface area contributed by atoms with E-state index in [-0.39, 0.29) is 17.0 Å². The first-order valence-electron chi connectivity index (χ1n) is 10.6. The molecule has 2 aromatic rings. The molecule has 180 valence electrons. The number of benzene rings is 2. The molecule has 0 radical (unpaired) electrons. The van der Waals surface area contributed by atoms with Gasteiger partial charge in [-0.05, 0) is 43.7 Å². The molecule has 10 heteroatoms. The lowest BCUT2D eigenvalue weighted by Crippen LogP contribution is -2.50. The Balaban J connectivity index is 2.25. The molecule has 1 N–H and O–H groups in total. The number of halogens is 2. The van der Waals surface area contributed by atoms with Gasteiger partial charge in [0.2, 0.25) is 21.8 Å². The van der Waals surface area contributed by atoms with Gasteiger partial charge in [-0.3, -0.25) is 9.59 Å². The minimum Gasteiger partial charge on any atom is -0.354 e. The van der Waals surface area contributed by atoms with Gasteiger partial charge in [0.05, 0.1) is 11.4 Å². The molecule has 2 rings (SSSR count). The molecule has 0 aliphatic rings. The van der Waals surface area contributed by atoms with Crippen LogP contribution >= 0.6 is 11.6 Å². The van der Waals surface area contributed by atoms with Crippen molar-refractivity contribution in [1.82, 2.24) is 14.5 Å². The topological polar surface area (TPSA) is 86.8 Å². The third kappa shape index (κ3) is 7.25. The Hall–Kier alpha value is -2.49. The molecule has 1 atom stereocenters. The highest BCUT2D eigenvalue weighted by Gasteiger charge is 2.30. The summed E-state index contributed by atoms with van der Waals surface area (Å²) in [7, 11) is -2.70. The molecule has 0 bridgehead atoms. The maximum Gasteiger partial charge on any atom is 0.243 e. The van der Waals surface area contributed by atoms with Gasteiger partial charge in [-0.15, -0.1) is 0 Å². The van der Waals surface area contributed by atoms with Gasteiger partial charge in [-0.1, -0.05) is 43.1 Å². The van der Waals surface area contributed by atoms with Gasteiger partial charge in [0.25, 0.3) is 0 Å². The predicted octanol–water partition coefficient (Wildman–Crippen LogP) is 3.43. The van der Waals surface area contributed by atoms with Gasteiger partial charge >= 0.3 is 0 Å². The Morgan fingerprint density at radius 2 is 1.76 bits per heavy atom. The molecule has 0 saturated carbocycles. The highest BCUT2D eigenvalue weighted by atomic mass is 35.5. The van der Waals surface area contributed by atoms with Gasteiger partial charge < -0.3 is 10.2 Å². The standard InChI is InChI=1S/C23H29ClFN3O4S/c1-4-5-14-26-23(30)17(2)28(15-18-8-6-7-9-21(18)25)22(29)16-27(3)33(31,32)20-12-10-19(24)11-13-20/h6-13,17H,4-5,14-16H2,1-3H3,(H,26,30)/t17-/m0/s1. The molecule has 0 aromatic heterocycles. The van der Waals surface area contributed by atoms with Crippen molar-refractivity contribution in [3.05, 3.63) is 64.9 Å². The van der Waals surface area contributed by atoms with E-state index in [1.54, 1.807) is 6.07 Å². The first kappa shape index (κ1) is 26.8. The average molecular weight is 498 g/mol. The van der Waals surface area contributed by atoms with Crippen molar-refractivity contribution in [2.24, 2.45) is 0 Å². The number of hydrogen-bond acceptors (Lipinski definition) is 4. The Morgan fingerprint density at radius 1 is 1.12 bits per heavy atom. The molecule has 33 heavy (non-hydrogen) atoms. The number of carbonyl (C=O) groups excluding carboxylic acids is 2. The first-order chi connectivity index (χ1) is 15.6. The number of unbranched alkanes of at least 4 members (excludes halogenated alkanes) is 1. The Labute approximate surface area is 199 Å². The van der Waals surface area contributed by atoms with E-state index in [0.717, 1.165) is 17.1 Å². The van der Waals surface area contributed by atoms with E-state index < -0.39 is 40.2 Å². The minimum absolute atomic E-state index is 0.0202. The Bertz CT molecular complexity index is 1060. The monoisotopic (exact) mass is 497 g/mol. The minimum atomic E-state index is -3.98. The summed E-state index contributed by atoms with van der Waals surface area (Å²) >= 11 is 5.83. The zero-order valence-electron chi connectivity index (χ0n) is 18.9. The zero-order chi connectivity index (χ0) is 24.6. The molecule has 0 aliphatic heterocycles. The molecule has 0 unspecified atom stereocenters. The molecule has 7 nitrogen and oxygen atoms in total. The zero-order valence-corrected chi connectivity index (χ0v) is 20.5. The molecule has 2 aromatic carbocycles. The maximum absolute atomic E-state index is 14.3. The number of likely N-dealkylation sites (N-methyl/N-ethyl adjacent to an activating group) is 1. The Kier molecular flexibility index (Phi) is 9.82. The molecular formula is C23H29ClFN3O4S. The van der Waals surface area contributed by atoms with Crippen LogP contribution in [0.1, 0.15) is 32.3 Å². The molecule has 0 saturated heterocycles. The quantitative estimate of drug-likeness (QED) is 0.482. The molecular weight excluding hydrogens is 469 g/mol. The highest BCUT2D eigenvalue weighted by Crippen LogP contribution is 2.19. The van der Waals surface area contributed by atoms with Crippen LogP contribution < -0.4 is 5.32 Å². The second-order valence-electron chi connectivity index (χ2n) is 7.65. The van der Waals surface area contributed by atoms with Crippen molar-refractivity contribution in [2.75, 3.05) is 20.1 Å². The van der Waals surface area contributed by atoms with E-state index in [9.17, 15) is 22.4 Å². The van der Waals surface area contributed by atoms with Gasteiger partial charge in [0.1, 0.15) is 11.9 Å². The summed E-state index contributed by atoms with van der Waals surface area (Å²) < 4.78 is 40.9. The third-order valence-corrected chi connectivity index (χ3v) is 7.24.